The van der Waals surface area contributed by atoms with Crippen LogP contribution in [0.4, 0.5) is 5.69 Å². The number of piperidine rings is 1. The molecule has 0 aromatic heterocycles. The molecule has 27 heavy (non-hydrogen) atoms. The first-order valence-electron chi connectivity index (χ1n) is 9.26. The fourth-order valence-corrected chi connectivity index (χ4v) is 4.28. The smallest absolute Gasteiger partial charge is 0.255 e. The van der Waals surface area contributed by atoms with Crippen LogP contribution in [0.3, 0.4) is 0 Å². The fraction of sp³-hybridized carbons (Fsp3) is 0.381. The molecule has 0 aliphatic carbocycles. The third-order valence-electron chi connectivity index (χ3n) is 5.04. The minimum absolute atomic E-state index is 0.0980. The van der Waals surface area contributed by atoms with Gasteiger partial charge in [0.2, 0.25) is 10.0 Å². The highest BCUT2D eigenvalue weighted by atomic mass is 32.2. The van der Waals surface area contributed by atoms with E-state index in [-0.39, 0.29) is 12.5 Å². The largest absolute Gasteiger partial charge is 0.339 e. The van der Waals surface area contributed by atoms with Gasteiger partial charge in [-0.05, 0) is 36.5 Å². The number of carbonyl (C=O) groups excluding carboxylic acids is 1. The zero-order chi connectivity index (χ0) is 19.4. The number of rotatable bonds is 5. The van der Waals surface area contributed by atoms with Crippen molar-refractivity contribution in [2.24, 2.45) is 5.92 Å². The third-order valence-corrected chi connectivity index (χ3v) is 6.17. The first kappa shape index (κ1) is 19.4. The SMILES string of the molecule is CC1CCN(C(=O)c2ccccc2N(Cc2ccccc2)S(C)(=O)=O)CC1. The van der Waals surface area contributed by atoms with Crippen molar-refractivity contribution in [1.29, 1.82) is 0 Å². The summed E-state index contributed by atoms with van der Waals surface area (Å²) in [5.41, 5.74) is 1.75. The number of amides is 1. The highest BCUT2D eigenvalue weighted by molar-refractivity contribution is 7.92. The number of anilines is 1. The standard InChI is InChI=1S/C21H26N2O3S/c1-17-12-14-22(15-13-17)21(24)19-10-6-7-11-20(19)23(27(2,25)26)16-18-8-4-3-5-9-18/h3-11,17H,12-16H2,1-2H3. The first-order valence-corrected chi connectivity index (χ1v) is 11.1. The Morgan fingerprint density at radius 3 is 2.26 bits per heavy atom. The van der Waals surface area contributed by atoms with Gasteiger partial charge >= 0.3 is 0 Å². The van der Waals surface area contributed by atoms with Gasteiger partial charge in [-0.2, -0.15) is 0 Å². The van der Waals surface area contributed by atoms with Crippen LogP contribution < -0.4 is 4.31 Å². The molecule has 0 saturated carbocycles. The third kappa shape index (κ3) is 4.69. The molecule has 2 aromatic carbocycles. The van der Waals surface area contributed by atoms with Crippen LogP contribution in [0, 0.1) is 5.92 Å². The van der Waals surface area contributed by atoms with E-state index in [0.29, 0.717) is 30.3 Å². The average Bonchev–Trinajstić information content (AvgIpc) is 2.66. The molecule has 0 spiro atoms. The predicted octanol–water partition coefficient (Wildman–Crippen LogP) is 3.52. The summed E-state index contributed by atoms with van der Waals surface area (Å²) in [5, 5.41) is 0. The Bertz CT molecular complexity index is 889. The predicted molar refractivity (Wildman–Crippen MR) is 108 cm³/mol. The number of para-hydroxylation sites is 1. The number of hydrogen-bond acceptors (Lipinski definition) is 3. The molecule has 2 aromatic rings. The van der Waals surface area contributed by atoms with E-state index in [4.69, 9.17) is 0 Å². The maximum atomic E-state index is 13.1. The van der Waals surface area contributed by atoms with Crippen molar-refractivity contribution in [1.82, 2.24) is 4.90 Å². The monoisotopic (exact) mass is 386 g/mol. The van der Waals surface area contributed by atoms with Gasteiger partial charge in [-0.1, -0.05) is 49.4 Å². The van der Waals surface area contributed by atoms with Crippen molar-refractivity contribution in [3.05, 3.63) is 65.7 Å². The van der Waals surface area contributed by atoms with Crippen LogP contribution in [0.25, 0.3) is 0 Å². The highest BCUT2D eigenvalue weighted by Crippen LogP contribution is 2.27. The topological polar surface area (TPSA) is 57.7 Å². The maximum Gasteiger partial charge on any atom is 0.255 e. The number of hydrogen-bond donors (Lipinski definition) is 0. The number of nitrogens with zero attached hydrogens (tertiary/aromatic N) is 2. The molecule has 1 saturated heterocycles. The van der Waals surface area contributed by atoms with Crippen LogP contribution in [0.1, 0.15) is 35.7 Å². The Balaban J connectivity index is 1.95. The Morgan fingerprint density at radius 1 is 1.04 bits per heavy atom. The van der Waals surface area contributed by atoms with Crippen LogP contribution in [-0.4, -0.2) is 38.6 Å². The quantitative estimate of drug-likeness (QED) is 0.790. The fourth-order valence-electron chi connectivity index (χ4n) is 3.38. The maximum absolute atomic E-state index is 13.1. The second kappa shape index (κ2) is 8.13. The summed E-state index contributed by atoms with van der Waals surface area (Å²) in [7, 11) is -3.55. The lowest BCUT2D eigenvalue weighted by Gasteiger charge is -2.32. The van der Waals surface area contributed by atoms with Crippen LogP contribution in [0.15, 0.2) is 54.6 Å². The van der Waals surface area contributed by atoms with Gasteiger partial charge in [-0.3, -0.25) is 9.10 Å². The van der Waals surface area contributed by atoms with E-state index >= 15 is 0 Å². The van der Waals surface area contributed by atoms with Gasteiger partial charge in [0.25, 0.3) is 5.91 Å². The molecule has 0 bridgehead atoms. The summed E-state index contributed by atoms with van der Waals surface area (Å²) in [6, 6.07) is 16.4. The van der Waals surface area contributed by atoms with E-state index in [1.165, 1.54) is 10.6 Å². The molecule has 0 radical (unpaired) electrons. The molecule has 1 heterocycles. The number of likely N-dealkylation sites (tertiary alicyclic amines) is 1. The molecule has 0 unspecified atom stereocenters. The van der Waals surface area contributed by atoms with Crippen LogP contribution in [0.5, 0.6) is 0 Å². The van der Waals surface area contributed by atoms with Crippen molar-refractivity contribution in [2.75, 3.05) is 23.7 Å². The lowest BCUT2D eigenvalue weighted by molar-refractivity contribution is 0.0698. The molecule has 0 N–H and O–H groups in total. The molecule has 1 amide bonds. The van der Waals surface area contributed by atoms with E-state index < -0.39 is 10.0 Å². The van der Waals surface area contributed by atoms with E-state index in [0.717, 1.165) is 18.4 Å². The Hall–Kier alpha value is -2.34. The van der Waals surface area contributed by atoms with Crippen molar-refractivity contribution in [3.63, 3.8) is 0 Å². The van der Waals surface area contributed by atoms with Gasteiger partial charge in [-0.15, -0.1) is 0 Å². The summed E-state index contributed by atoms with van der Waals surface area (Å²) in [5.74, 6) is 0.522. The minimum Gasteiger partial charge on any atom is -0.339 e. The molecule has 1 fully saturated rings. The van der Waals surface area contributed by atoms with E-state index in [9.17, 15) is 13.2 Å². The van der Waals surface area contributed by atoms with E-state index in [1.54, 1.807) is 24.3 Å². The summed E-state index contributed by atoms with van der Waals surface area (Å²) < 4.78 is 26.4. The molecule has 1 aliphatic heterocycles. The molecule has 0 atom stereocenters. The molecule has 3 rings (SSSR count). The summed E-state index contributed by atoms with van der Waals surface area (Å²) >= 11 is 0. The molecular formula is C21H26N2O3S. The van der Waals surface area contributed by atoms with E-state index in [2.05, 4.69) is 6.92 Å². The second-order valence-corrected chi connectivity index (χ2v) is 9.15. The van der Waals surface area contributed by atoms with Gasteiger partial charge < -0.3 is 4.90 Å². The van der Waals surface area contributed by atoms with Gasteiger partial charge in [-0.25, -0.2) is 8.42 Å². The lowest BCUT2D eigenvalue weighted by Crippen LogP contribution is -2.39. The Kier molecular flexibility index (Phi) is 5.85. The Morgan fingerprint density at radius 2 is 1.63 bits per heavy atom. The number of sulfonamides is 1. The van der Waals surface area contributed by atoms with Gasteiger partial charge in [0.15, 0.2) is 0 Å². The molecule has 144 valence electrons. The molecular weight excluding hydrogens is 360 g/mol. The second-order valence-electron chi connectivity index (χ2n) is 7.25. The van der Waals surface area contributed by atoms with Crippen molar-refractivity contribution >= 4 is 21.6 Å². The van der Waals surface area contributed by atoms with Gasteiger partial charge in [0, 0.05) is 13.1 Å². The lowest BCUT2D eigenvalue weighted by atomic mass is 9.98. The summed E-state index contributed by atoms with van der Waals surface area (Å²) in [6.07, 6.45) is 3.14. The zero-order valence-corrected chi connectivity index (χ0v) is 16.7. The van der Waals surface area contributed by atoms with Gasteiger partial charge in [0.1, 0.15) is 0 Å². The van der Waals surface area contributed by atoms with Gasteiger partial charge in [0.05, 0.1) is 24.1 Å². The highest BCUT2D eigenvalue weighted by Gasteiger charge is 2.27. The normalized spacial score (nSPS) is 15.6. The average molecular weight is 387 g/mol. The van der Waals surface area contributed by atoms with Crippen LogP contribution >= 0.6 is 0 Å². The summed E-state index contributed by atoms with van der Waals surface area (Å²) in [4.78, 5) is 15.0. The molecule has 5 nitrogen and oxygen atoms in total. The van der Waals surface area contributed by atoms with Crippen molar-refractivity contribution in [3.8, 4) is 0 Å². The number of benzene rings is 2. The van der Waals surface area contributed by atoms with E-state index in [1.807, 2.05) is 35.2 Å². The van der Waals surface area contributed by atoms with Crippen molar-refractivity contribution < 1.29 is 13.2 Å². The van der Waals surface area contributed by atoms with Crippen LogP contribution in [0.2, 0.25) is 0 Å². The van der Waals surface area contributed by atoms with Crippen molar-refractivity contribution in [2.45, 2.75) is 26.3 Å². The molecule has 6 heteroatoms. The first-order chi connectivity index (χ1) is 12.9. The Labute approximate surface area is 161 Å². The number of carbonyl (C=O) groups is 1. The summed E-state index contributed by atoms with van der Waals surface area (Å²) in [6.45, 7) is 3.82. The van der Waals surface area contributed by atoms with Crippen LogP contribution in [-0.2, 0) is 16.6 Å². The minimum atomic E-state index is -3.55. The molecule has 1 aliphatic rings. The zero-order valence-electron chi connectivity index (χ0n) is 15.8.